The van der Waals surface area contributed by atoms with Gasteiger partial charge in [0.15, 0.2) is 0 Å². The Bertz CT molecular complexity index is 254. The molecular formula is C2H4O7P2Sn. The zero-order chi connectivity index (χ0) is 10.2. The van der Waals surface area contributed by atoms with Crippen LogP contribution in [-0.4, -0.2) is 37.8 Å². The van der Waals surface area contributed by atoms with Gasteiger partial charge in [0.25, 0.3) is 0 Å². The molecule has 0 aromatic carbocycles. The summed E-state index contributed by atoms with van der Waals surface area (Å²) in [6.45, 7) is 0. The van der Waals surface area contributed by atoms with Crippen LogP contribution in [0.5, 0.6) is 0 Å². The molecule has 0 heterocycles. The Kier molecular flexibility index (Phi) is 3.99. The standard InChI is InChI=1S/C2H7O7P2.Sn/c1-9-11(7,8)2(3)10(4,5)6;/h3H,1H3,(H,7,8)(H2,4,5,6);/q;+3/p-3. The van der Waals surface area contributed by atoms with E-state index in [1.807, 2.05) is 0 Å². The molecule has 10 heteroatoms. The molecule has 0 bridgehead atoms. The Morgan fingerprint density at radius 1 is 1.42 bits per heavy atom. The molecule has 0 fully saturated rings. The van der Waals surface area contributed by atoms with Gasteiger partial charge < -0.3 is 0 Å². The fourth-order valence-electron chi connectivity index (χ4n) is 0.277. The summed E-state index contributed by atoms with van der Waals surface area (Å²) in [5, 5.41) is 8.83. The minimum atomic E-state index is -5.61. The SMILES string of the molecule is COP(=O)([O-])[C](O)([Sn+3])P(=O)([O-])[O-]. The van der Waals surface area contributed by atoms with Gasteiger partial charge in [-0.1, -0.05) is 0 Å². The Morgan fingerprint density at radius 2 is 1.75 bits per heavy atom. The molecule has 0 radical (unpaired) electrons. The Labute approximate surface area is 81.5 Å². The van der Waals surface area contributed by atoms with Gasteiger partial charge in [0.1, 0.15) is 0 Å². The molecule has 0 aromatic rings. The Balaban J connectivity index is 5.14. The van der Waals surface area contributed by atoms with E-state index >= 15 is 0 Å². The predicted molar refractivity (Wildman–Crippen MR) is 32.9 cm³/mol. The first-order chi connectivity index (χ1) is 5.06. The molecule has 12 heavy (non-hydrogen) atoms. The van der Waals surface area contributed by atoms with Crippen LogP contribution in [0.1, 0.15) is 0 Å². The number of aliphatic hydroxyl groups is 1. The molecule has 0 aromatic heterocycles. The van der Waals surface area contributed by atoms with Gasteiger partial charge in [-0.05, 0) is 0 Å². The van der Waals surface area contributed by atoms with E-state index in [1.165, 1.54) is 0 Å². The fraction of sp³-hybridized carbons (Fsp3) is 1.00. The monoisotopic (exact) mass is 322 g/mol. The molecule has 7 nitrogen and oxygen atoms in total. The Hall–Kier alpha value is 1.06. The van der Waals surface area contributed by atoms with Crippen molar-refractivity contribution in [2.45, 2.75) is 3.10 Å². The van der Waals surface area contributed by atoms with Gasteiger partial charge in [-0.2, -0.15) is 0 Å². The van der Waals surface area contributed by atoms with E-state index in [1.54, 1.807) is 0 Å². The normalized spacial score (nSPS) is 22.9. The molecular weight excluding hydrogens is 317 g/mol. The third kappa shape index (κ3) is 2.30. The van der Waals surface area contributed by atoms with E-state index in [9.17, 15) is 23.8 Å². The Morgan fingerprint density at radius 3 is 1.83 bits per heavy atom. The van der Waals surface area contributed by atoms with Crippen LogP contribution in [0.4, 0.5) is 0 Å². The predicted octanol–water partition coefficient (Wildman–Crippen LogP) is -3.13. The zero-order valence-electron chi connectivity index (χ0n) is 5.79. The molecule has 0 spiro atoms. The van der Waals surface area contributed by atoms with Crippen molar-refractivity contribution in [3.63, 3.8) is 0 Å². The van der Waals surface area contributed by atoms with E-state index in [-0.39, 0.29) is 22.5 Å². The van der Waals surface area contributed by atoms with Crippen molar-refractivity contribution in [2.75, 3.05) is 7.11 Å². The number of hydrogen-bond donors (Lipinski definition) is 1. The summed E-state index contributed by atoms with van der Waals surface area (Å²) >= 11 is -0.367. The molecule has 0 saturated heterocycles. The van der Waals surface area contributed by atoms with Gasteiger partial charge in [0.2, 0.25) is 0 Å². The van der Waals surface area contributed by atoms with Crippen LogP contribution in [0.25, 0.3) is 0 Å². The first-order valence-corrected chi connectivity index (χ1v) is 6.94. The molecule has 2 unspecified atom stereocenters. The summed E-state index contributed by atoms with van der Waals surface area (Å²) in [6.07, 6.45) is 0. The van der Waals surface area contributed by atoms with Crippen molar-refractivity contribution < 1.29 is 33.4 Å². The fourth-order valence-corrected chi connectivity index (χ4v) is 2.76. The molecule has 68 valence electrons. The van der Waals surface area contributed by atoms with Gasteiger partial charge in [-0.25, -0.2) is 0 Å². The van der Waals surface area contributed by atoms with E-state index in [0.717, 1.165) is 0 Å². The van der Waals surface area contributed by atoms with Crippen LogP contribution in [0.15, 0.2) is 0 Å². The van der Waals surface area contributed by atoms with E-state index < -0.39 is 18.3 Å². The van der Waals surface area contributed by atoms with Gasteiger partial charge in [-0.3, -0.25) is 0 Å². The average molecular weight is 321 g/mol. The third-order valence-electron chi connectivity index (χ3n) is 1.00. The molecule has 0 rings (SSSR count). The summed E-state index contributed by atoms with van der Waals surface area (Å²) < 4.78 is 21.3. The molecule has 0 aliphatic rings. The minimum absolute atomic E-state index is 0.367. The van der Waals surface area contributed by atoms with Crippen LogP contribution in [0, 0.1) is 0 Å². The van der Waals surface area contributed by atoms with Gasteiger partial charge in [-0.15, -0.1) is 0 Å². The molecule has 0 amide bonds. The number of hydrogen-bond acceptors (Lipinski definition) is 7. The van der Waals surface area contributed by atoms with Crippen LogP contribution < -0.4 is 14.7 Å². The molecule has 1 N–H and O–H groups in total. The van der Waals surface area contributed by atoms with Gasteiger partial charge in [0, 0.05) is 0 Å². The zero-order valence-corrected chi connectivity index (χ0v) is 10.4. The molecule has 0 aliphatic heterocycles. The summed E-state index contributed by atoms with van der Waals surface area (Å²) in [5.41, 5.74) is 0. The van der Waals surface area contributed by atoms with Crippen LogP contribution in [0.3, 0.4) is 0 Å². The first kappa shape index (κ1) is 13.1. The topological polar surface area (TPSA) is 133 Å². The summed E-state index contributed by atoms with van der Waals surface area (Å²) in [7, 11) is -9.99. The third-order valence-corrected chi connectivity index (χ3v) is 9.17. The van der Waals surface area contributed by atoms with Crippen molar-refractivity contribution in [2.24, 2.45) is 0 Å². The van der Waals surface area contributed by atoms with Crippen molar-refractivity contribution in [1.29, 1.82) is 0 Å². The van der Waals surface area contributed by atoms with Gasteiger partial charge in [0.05, 0.1) is 0 Å². The van der Waals surface area contributed by atoms with Crippen LogP contribution in [0.2, 0.25) is 0 Å². The quantitative estimate of drug-likeness (QED) is 0.429. The van der Waals surface area contributed by atoms with Crippen molar-refractivity contribution in [3.05, 3.63) is 0 Å². The maximum atomic E-state index is 10.7. The molecule has 2 atom stereocenters. The summed E-state index contributed by atoms with van der Waals surface area (Å²) in [5.74, 6) is 0. The maximum absolute atomic E-state index is 10.7. The van der Waals surface area contributed by atoms with E-state index in [2.05, 4.69) is 4.52 Å². The second-order valence-corrected chi connectivity index (χ2v) is 10.3. The second-order valence-electron chi connectivity index (χ2n) is 1.81. The van der Waals surface area contributed by atoms with E-state index in [0.29, 0.717) is 7.11 Å². The molecule has 0 saturated carbocycles. The average Bonchev–Trinajstić information content (AvgIpc) is 1.85. The van der Waals surface area contributed by atoms with E-state index in [4.69, 9.17) is 5.11 Å². The van der Waals surface area contributed by atoms with Crippen LogP contribution >= 0.6 is 15.2 Å². The van der Waals surface area contributed by atoms with Gasteiger partial charge >= 0.3 is 81.4 Å². The van der Waals surface area contributed by atoms with Crippen LogP contribution in [-0.2, 0) is 13.7 Å². The second kappa shape index (κ2) is 3.67. The first-order valence-electron chi connectivity index (χ1n) is 2.42. The summed E-state index contributed by atoms with van der Waals surface area (Å²) in [4.78, 5) is 31.2. The molecule has 0 aliphatic carbocycles. The summed E-state index contributed by atoms with van der Waals surface area (Å²) in [6, 6.07) is 0. The van der Waals surface area contributed by atoms with Crippen molar-refractivity contribution in [1.82, 2.24) is 0 Å². The van der Waals surface area contributed by atoms with Crippen molar-refractivity contribution >= 4 is 37.7 Å². The number of rotatable bonds is 3. The van der Waals surface area contributed by atoms with Crippen molar-refractivity contribution in [3.8, 4) is 0 Å².